The molecule has 1 amide bonds. The van der Waals surface area contributed by atoms with Crippen LogP contribution in [0.15, 0.2) is 24.3 Å². The summed E-state index contributed by atoms with van der Waals surface area (Å²) < 4.78 is 12.9. The lowest BCUT2D eigenvalue weighted by Crippen LogP contribution is -2.42. The molecule has 0 aliphatic carbocycles. The zero-order valence-electron chi connectivity index (χ0n) is 12.7. The zero-order valence-corrected chi connectivity index (χ0v) is 12.7. The molecule has 2 saturated heterocycles. The lowest BCUT2D eigenvalue weighted by Gasteiger charge is -2.32. The molecule has 4 nitrogen and oxygen atoms in total. The summed E-state index contributed by atoms with van der Waals surface area (Å²) in [6.45, 7) is 2.92. The van der Waals surface area contributed by atoms with E-state index in [1.54, 1.807) is 0 Å². The highest BCUT2D eigenvalue weighted by molar-refractivity contribution is 5.81. The number of carbonyl (C=O) groups excluding carboxylic acids is 1. The highest BCUT2D eigenvalue weighted by Crippen LogP contribution is 2.40. The van der Waals surface area contributed by atoms with Crippen molar-refractivity contribution in [2.75, 3.05) is 19.6 Å². The molecule has 0 unspecified atom stereocenters. The molecule has 2 aliphatic rings. The topological polar surface area (TPSA) is 52.6 Å². The van der Waals surface area contributed by atoms with E-state index >= 15 is 0 Å². The summed E-state index contributed by atoms with van der Waals surface area (Å²) in [5.74, 6) is -0.788. The molecule has 1 aromatic carbocycles. The Morgan fingerprint density at radius 1 is 1.27 bits per heavy atom. The molecule has 22 heavy (non-hydrogen) atoms. The maximum absolute atomic E-state index is 12.9. The number of amides is 1. The molecule has 2 N–H and O–H groups in total. The number of carbonyl (C=O) groups is 1. The third-order valence-corrected chi connectivity index (χ3v) is 5.13. The number of aliphatic hydroxyl groups excluding tert-OH is 1. The number of benzene rings is 1. The van der Waals surface area contributed by atoms with Gasteiger partial charge in [0.1, 0.15) is 5.82 Å². The van der Waals surface area contributed by atoms with E-state index in [0.29, 0.717) is 12.1 Å². The SMILES string of the molecule is O=C(NCCC12CCCN1CCC2)[C@H](O)c1ccc(F)cc1. The normalized spacial score (nSPS) is 21.5. The molecule has 0 aromatic heterocycles. The second kappa shape index (κ2) is 6.34. The van der Waals surface area contributed by atoms with Gasteiger partial charge in [0, 0.05) is 12.1 Å². The van der Waals surface area contributed by atoms with Crippen molar-refractivity contribution >= 4 is 5.91 Å². The van der Waals surface area contributed by atoms with Crippen LogP contribution in [0.3, 0.4) is 0 Å². The summed E-state index contributed by atoms with van der Waals surface area (Å²) in [7, 11) is 0. The average Bonchev–Trinajstić information content (AvgIpc) is 3.07. The fraction of sp³-hybridized carbons (Fsp3) is 0.588. The molecule has 3 rings (SSSR count). The number of fused-ring (bicyclic) bond motifs is 1. The van der Waals surface area contributed by atoms with E-state index in [9.17, 15) is 14.3 Å². The van der Waals surface area contributed by atoms with Crippen molar-refractivity contribution in [2.24, 2.45) is 0 Å². The number of nitrogens with one attached hydrogen (secondary N) is 1. The first-order chi connectivity index (χ1) is 10.6. The smallest absolute Gasteiger partial charge is 0.253 e. The van der Waals surface area contributed by atoms with E-state index in [2.05, 4.69) is 10.2 Å². The van der Waals surface area contributed by atoms with Crippen molar-refractivity contribution in [1.29, 1.82) is 0 Å². The van der Waals surface area contributed by atoms with Gasteiger partial charge < -0.3 is 10.4 Å². The average molecular weight is 306 g/mol. The molecule has 2 heterocycles. The molecule has 120 valence electrons. The quantitative estimate of drug-likeness (QED) is 0.875. The lowest BCUT2D eigenvalue weighted by molar-refractivity contribution is -0.129. The summed E-state index contributed by atoms with van der Waals surface area (Å²) in [5.41, 5.74) is 0.689. The lowest BCUT2D eigenvalue weighted by atomic mass is 9.90. The maximum atomic E-state index is 12.9. The Morgan fingerprint density at radius 3 is 2.55 bits per heavy atom. The highest BCUT2D eigenvalue weighted by Gasteiger charge is 2.43. The van der Waals surface area contributed by atoms with Gasteiger partial charge in [-0.15, -0.1) is 0 Å². The van der Waals surface area contributed by atoms with Gasteiger partial charge in [-0.25, -0.2) is 4.39 Å². The monoisotopic (exact) mass is 306 g/mol. The highest BCUT2D eigenvalue weighted by atomic mass is 19.1. The van der Waals surface area contributed by atoms with Crippen molar-refractivity contribution in [3.63, 3.8) is 0 Å². The molecule has 1 aromatic rings. The minimum absolute atomic E-state index is 0.272. The van der Waals surface area contributed by atoms with Gasteiger partial charge in [-0.2, -0.15) is 0 Å². The van der Waals surface area contributed by atoms with Crippen LogP contribution < -0.4 is 5.32 Å². The van der Waals surface area contributed by atoms with Crippen molar-refractivity contribution in [3.8, 4) is 0 Å². The van der Waals surface area contributed by atoms with Crippen molar-refractivity contribution < 1.29 is 14.3 Å². The van der Waals surface area contributed by atoms with Gasteiger partial charge in [-0.3, -0.25) is 9.69 Å². The third-order valence-electron chi connectivity index (χ3n) is 5.13. The largest absolute Gasteiger partial charge is 0.378 e. The van der Waals surface area contributed by atoms with Crippen LogP contribution >= 0.6 is 0 Å². The molecule has 0 bridgehead atoms. The fourth-order valence-electron chi connectivity index (χ4n) is 3.94. The van der Waals surface area contributed by atoms with E-state index in [1.165, 1.54) is 63.0 Å². The Bertz CT molecular complexity index is 522. The Morgan fingerprint density at radius 2 is 1.91 bits per heavy atom. The number of nitrogens with zero attached hydrogens (tertiary/aromatic N) is 1. The van der Waals surface area contributed by atoms with Gasteiger partial charge in [-0.05, 0) is 62.9 Å². The van der Waals surface area contributed by atoms with Crippen molar-refractivity contribution in [3.05, 3.63) is 35.6 Å². The Hall–Kier alpha value is -1.46. The van der Waals surface area contributed by atoms with Crippen LogP contribution in [0.1, 0.15) is 43.8 Å². The van der Waals surface area contributed by atoms with Crippen LogP contribution in [0.4, 0.5) is 4.39 Å². The second-order valence-electron chi connectivity index (χ2n) is 6.41. The molecule has 2 aliphatic heterocycles. The standard InChI is InChI=1S/C17H23FN2O2/c18-14-5-3-13(4-6-14)15(21)16(22)19-10-9-17-7-1-11-20(17)12-2-8-17/h3-6,15,21H,1-2,7-12H2,(H,19,22)/t15-/m1/s1. The number of hydrogen-bond donors (Lipinski definition) is 2. The van der Waals surface area contributed by atoms with Crippen LogP contribution in [0.5, 0.6) is 0 Å². The van der Waals surface area contributed by atoms with E-state index in [4.69, 9.17) is 0 Å². The molecule has 0 saturated carbocycles. The first kappa shape index (κ1) is 15.4. The Labute approximate surface area is 130 Å². The summed E-state index contributed by atoms with van der Waals surface area (Å²) in [6.07, 6.45) is 4.61. The molecule has 1 atom stereocenters. The van der Waals surface area contributed by atoms with E-state index < -0.39 is 12.0 Å². The Balaban J connectivity index is 1.51. The van der Waals surface area contributed by atoms with Crippen molar-refractivity contribution in [2.45, 2.75) is 43.7 Å². The van der Waals surface area contributed by atoms with E-state index in [0.717, 1.165) is 6.42 Å². The number of aliphatic hydroxyl groups is 1. The predicted molar refractivity (Wildman–Crippen MR) is 81.8 cm³/mol. The molecule has 0 radical (unpaired) electrons. The van der Waals surface area contributed by atoms with E-state index in [-0.39, 0.29) is 11.4 Å². The minimum Gasteiger partial charge on any atom is -0.378 e. The first-order valence-corrected chi connectivity index (χ1v) is 8.07. The molecular formula is C17H23FN2O2. The molecule has 5 heteroatoms. The van der Waals surface area contributed by atoms with Crippen LogP contribution in [-0.4, -0.2) is 41.1 Å². The van der Waals surface area contributed by atoms with Gasteiger partial charge in [-0.1, -0.05) is 12.1 Å². The summed E-state index contributed by atoms with van der Waals surface area (Å²) in [4.78, 5) is 14.6. The third kappa shape index (κ3) is 3.01. The minimum atomic E-state index is -1.23. The molecular weight excluding hydrogens is 283 g/mol. The molecule has 0 spiro atoms. The second-order valence-corrected chi connectivity index (χ2v) is 6.41. The summed E-state index contributed by atoms with van der Waals surface area (Å²) >= 11 is 0. The van der Waals surface area contributed by atoms with Gasteiger partial charge in [0.05, 0.1) is 0 Å². The number of halogens is 1. The van der Waals surface area contributed by atoms with Gasteiger partial charge >= 0.3 is 0 Å². The van der Waals surface area contributed by atoms with Crippen LogP contribution in [0.25, 0.3) is 0 Å². The maximum Gasteiger partial charge on any atom is 0.253 e. The zero-order chi connectivity index (χ0) is 15.6. The summed E-state index contributed by atoms with van der Waals surface area (Å²) in [5, 5.41) is 12.8. The number of rotatable bonds is 5. The van der Waals surface area contributed by atoms with Gasteiger partial charge in [0.25, 0.3) is 5.91 Å². The fourth-order valence-corrected chi connectivity index (χ4v) is 3.94. The molecule has 2 fully saturated rings. The van der Waals surface area contributed by atoms with Gasteiger partial charge in [0.2, 0.25) is 0 Å². The van der Waals surface area contributed by atoms with Crippen LogP contribution in [0.2, 0.25) is 0 Å². The van der Waals surface area contributed by atoms with Crippen LogP contribution in [0, 0.1) is 5.82 Å². The van der Waals surface area contributed by atoms with Gasteiger partial charge in [0.15, 0.2) is 6.10 Å². The number of hydrogen-bond acceptors (Lipinski definition) is 3. The van der Waals surface area contributed by atoms with Crippen molar-refractivity contribution in [1.82, 2.24) is 10.2 Å². The first-order valence-electron chi connectivity index (χ1n) is 8.07. The Kier molecular flexibility index (Phi) is 4.45. The van der Waals surface area contributed by atoms with Crippen LogP contribution in [-0.2, 0) is 4.79 Å². The van der Waals surface area contributed by atoms with E-state index in [1.807, 2.05) is 0 Å². The predicted octanol–water partition coefficient (Wildman–Crippen LogP) is 1.99. The summed E-state index contributed by atoms with van der Waals surface area (Å²) in [6, 6.07) is 5.38.